The summed E-state index contributed by atoms with van der Waals surface area (Å²) in [6, 6.07) is 3.38. The number of hydrogen-bond donors (Lipinski definition) is 2. The van der Waals surface area contributed by atoms with Gasteiger partial charge in [-0.3, -0.25) is 4.79 Å². The van der Waals surface area contributed by atoms with E-state index in [1.807, 2.05) is 0 Å². The average molecular weight is 330 g/mol. The second-order valence-electron chi connectivity index (χ2n) is 4.82. The molecule has 21 heavy (non-hydrogen) atoms. The smallest absolute Gasteiger partial charge is 0.251 e. The molecule has 114 valence electrons. The Morgan fingerprint density at radius 3 is 2.52 bits per heavy atom. The minimum atomic E-state index is -3.92. The van der Waals surface area contributed by atoms with Crippen LogP contribution >= 0.6 is 0 Å². The van der Waals surface area contributed by atoms with Gasteiger partial charge in [-0.25, -0.2) is 22.0 Å². The van der Waals surface area contributed by atoms with Crippen LogP contribution in [0.4, 0.5) is 0 Å². The fourth-order valence-electron chi connectivity index (χ4n) is 1.96. The van der Waals surface area contributed by atoms with E-state index in [0.717, 1.165) is 11.5 Å². The molecule has 1 aliphatic heterocycles. The maximum atomic E-state index is 12.1. The molecule has 0 fully saturated rings. The molecule has 0 aliphatic carbocycles. The van der Waals surface area contributed by atoms with Gasteiger partial charge in [0, 0.05) is 11.0 Å². The van der Waals surface area contributed by atoms with Crippen molar-refractivity contribution in [2.45, 2.75) is 17.9 Å². The van der Waals surface area contributed by atoms with Gasteiger partial charge in [0.05, 0.1) is 16.7 Å². The number of aryl methyl sites for hydroxylation is 1. The first-order valence-corrected chi connectivity index (χ1v) is 9.19. The van der Waals surface area contributed by atoms with Crippen molar-refractivity contribution in [3.05, 3.63) is 40.8 Å². The number of nitrogens with one attached hydrogen (secondary N) is 1. The average Bonchev–Trinajstić information content (AvgIpc) is 2.66. The Bertz CT molecular complexity index is 825. The SMILES string of the molecule is Cc1cc(C(=O)NC2C=CS(=O)(=O)C2)cc(S(N)(=O)=O)c1. The molecule has 0 spiro atoms. The minimum absolute atomic E-state index is 0.108. The largest absolute Gasteiger partial charge is 0.345 e. The summed E-state index contributed by atoms with van der Waals surface area (Å²) in [6.45, 7) is 1.63. The normalized spacial score (nSPS) is 20.4. The number of amides is 1. The van der Waals surface area contributed by atoms with Gasteiger partial charge in [-0.15, -0.1) is 0 Å². The molecule has 7 nitrogen and oxygen atoms in total. The summed E-state index contributed by atoms with van der Waals surface area (Å²) in [4.78, 5) is 11.9. The predicted molar refractivity (Wildman–Crippen MR) is 76.7 cm³/mol. The van der Waals surface area contributed by atoms with Crippen molar-refractivity contribution in [2.75, 3.05) is 5.75 Å². The van der Waals surface area contributed by atoms with Gasteiger partial charge in [-0.05, 0) is 36.8 Å². The van der Waals surface area contributed by atoms with Gasteiger partial charge in [0.2, 0.25) is 10.0 Å². The van der Waals surface area contributed by atoms with E-state index in [0.29, 0.717) is 5.56 Å². The van der Waals surface area contributed by atoms with Crippen molar-refractivity contribution in [1.82, 2.24) is 5.32 Å². The molecule has 3 N–H and O–H groups in total. The first kappa shape index (κ1) is 15.7. The highest BCUT2D eigenvalue weighted by Gasteiger charge is 2.24. The zero-order chi connectivity index (χ0) is 15.8. The van der Waals surface area contributed by atoms with Crippen LogP contribution in [-0.4, -0.2) is 34.5 Å². The lowest BCUT2D eigenvalue weighted by Crippen LogP contribution is -2.35. The van der Waals surface area contributed by atoms with Crippen molar-refractivity contribution in [3.8, 4) is 0 Å². The first-order chi connectivity index (χ1) is 9.57. The number of primary sulfonamides is 1. The Balaban J connectivity index is 2.25. The second-order valence-corrected chi connectivity index (χ2v) is 8.31. The zero-order valence-electron chi connectivity index (χ0n) is 11.1. The Kier molecular flexibility index (Phi) is 3.91. The van der Waals surface area contributed by atoms with Gasteiger partial charge >= 0.3 is 0 Å². The maximum Gasteiger partial charge on any atom is 0.251 e. The summed E-state index contributed by atoms with van der Waals surface area (Å²) in [5.41, 5.74) is 0.665. The van der Waals surface area contributed by atoms with E-state index in [-0.39, 0.29) is 16.2 Å². The van der Waals surface area contributed by atoms with Gasteiger partial charge in [0.25, 0.3) is 5.91 Å². The van der Waals surface area contributed by atoms with Crippen molar-refractivity contribution in [1.29, 1.82) is 0 Å². The maximum absolute atomic E-state index is 12.1. The molecule has 1 aromatic carbocycles. The molecule has 0 aromatic heterocycles. The quantitative estimate of drug-likeness (QED) is 0.786. The molecule has 1 unspecified atom stereocenters. The third kappa shape index (κ3) is 3.90. The summed E-state index contributed by atoms with van der Waals surface area (Å²) in [5, 5.41) is 8.61. The lowest BCUT2D eigenvalue weighted by Gasteiger charge is -2.11. The molecule has 0 saturated carbocycles. The topological polar surface area (TPSA) is 123 Å². The van der Waals surface area contributed by atoms with E-state index in [2.05, 4.69) is 5.32 Å². The number of carbonyl (C=O) groups is 1. The second kappa shape index (κ2) is 5.24. The number of sulfone groups is 1. The number of carbonyl (C=O) groups excluding carboxylic acids is 1. The van der Waals surface area contributed by atoms with Crippen LogP contribution in [-0.2, 0) is 19.9 Å². The summed E-state index contributed by atoms with van der Waals surface area (Å²) in [5.74, 6) is -0.762. The molecule has 1 amide bonds. The van der Waals surface area contributed by atoms with Crippen LogP contribution in [0.25, 0.3) is 0 Å². The third-order valence-electron chi connectivity index (χ3n) is 2.89. The fourth-order valence-corrected chi connectivity index (χ4v) is 3.84. The molecule has 2 rings (SSSR count). The standard InChI is InChI=1S/C12H14N2O5S2/c1-8-4-9(6-11(5-8)21(13,18)19)12(15)14-10-2-3-20(16,17)7-10/h2-6,10H,7H2,1H3,(H,14,15)(H2,13,18,19). The molecular formula is C12H14N2O5S2. The highest BCUT2D eigenvalue weighted by Crippen LogP contribution is 2.15. The lowest BCUT2D eigenvalue weighted by atomic mass is 10.1. The highest BCUT2D eigenvalue weighted by atomic mass is 32.2. The number of hydrogen-bond acceptors (Lipinski definition) is 5. The summed E-state index contributed by atoms with van der Waals surface area (Å²) >= 11 is 0. The third-order valence-corrected chi connectivity index (χ3v) is 5.18. The van der Waals surface area contributed by atoms with Crippen LogP contribution in [0.15, 0.2) is 34.6 Å². The Morgan fingerprint density at radius 2 is 2.00 bits per heavy atom. The monoisotopic (exact) mass is 330 g/mol. The number of benzene rings is 1. The van der Waals surface area contributed by atoms with E-state index >= 15 is 0 Å². The van der Waals surface area contributed by atoms with Gasteiger partial charge in [-0.1, -0.05) is 0 Å². The molecule has 9 heteroatoms. The van der Waals surface area contributed by atoms with Gasteiger partial charge in [-0.2, -0.15) is 0 Å². The molecule has 0 saturated heterocycles. The molecular weight excluding hydrogens is 316 g/mol. The number of sulfonamides is 1. The molecule has 1 heterocycles. The minimum Gasteiger partial charge on any atom is -0.345 e. The van der Waals surface area contributed by atoms with E-state index in [1.54, 1.807) is 6.92 Å². The molecule has 1 atom stereocenters. The molecule has 1 aromatic rings. The van der Waals surface area contributed by atoms with E-state index in [1.165, 1.54) is 18.2 Å². The van der Waals surface area contributed by atoms with Crippen LogP contribution < -0.4 is 10.5 Å². The van der Waals surface area contributed by atoms with Gasteiger partial charge < -0.3 is 5.32 Å². The Morgan fingerprint density at radius 1 is 1.33 bits per heavy atom. The summed E-state index contributed by atoms with van der Waals surface area (Å²) < 4.78 is 45.2. The fraction of sp³-hybridized carbons (Fsp3) is 0.250. The first-order valence-electron chi connectivity index (χ1n) is 5.93. The number of nitrogens with two attached hydrogens (primary N) is 1. The van der Waals surface area contributed by atoms with Crippen molar-refractivity contribution in [2.24, 2.45) is 5.14 Å². The Labute approximate surface area is 122 Å². The van der Waals surface area contributed by atoms with E-state index in [4.69, 9.17) is 5.14 Å². The van der Waals surface area contributed by atoms with Crippen LogP contribution in [0.1, 0.15) is 15.9 Å². The van der Waals surface area contributed by atoms with E-state index < -0.39 is 31.8 Å². The number of rotatable bonds is 3. The Hall–Kier alpha value is -1.71. The molecule has 0 radical (unpaired) electrons. The van der Waals surface area contributed by atoms with E-state index in [9.17, 15) is 21.6 Å². The van der Waals surface area contributed by atoms with Crippen LogP contribution in [0.5, 0.6) is 0 Å². The van der Waals surface area contributed by atoms with Crippen molar-refractivity contribution < 1.29 is 21.6 Å². The van der Waals surface area contributed by atoms with Crippen molar-refractivity contribution >= 4 is 25.8 Å². The highest BCUT2D eigenvalue weighted by molar-refractivity contribution is 7.94. The van der Waals surface area contributed by atoms with Crippen LogP contribution in [0, 0.1) is 6.92 Å². The van der Waals surface area contributed by atoms with Crippen LogP contribution in [0.2, 0.25) is 0 Å². The van der Waals surface area contributed by atoms with Crippen molar-refractivity contribution in [3.63, 3.8) is 0 Å². The summed E-state index contributed by atoms with van der Waals surface area (Å²) in [7, 11) is -7.19. The van der Waals surface area contributed by atoms with Gasteiger partial charge in [0.15, 0.2) is 9.84 Å². The summed E-state index contributed by atoms with van der Waals surface area (Å²) in [6.07, 6.45) is 1.38. The van der Waals surface area contributed by atoms with Gasteiger partial charge in [0.1, 0.15) is 0 Å². The lowest BCUT2D eigenvalue weighted by molar-refractivity contribution is 0.0947. The molecule has 0 bridgehead atoms. The van der Waals surface area contributed by atoms with Crippen LogP contribution in [0.3, 0.4) is 0 Å². The molecule has 1 aliphatic rings. The zero-order valence-corrected chi connectivity index (χ0v) is 12.7. The predicted octanol–water partition coefficient (Wildman–Crippen LogP) is -0.317.